The lowest BCUT2D eigenvalue weighted by atomic mass is 9.90. The van der Waals surface area contributed by atoms with Crippen LogP contribution in [0.25, 0.3) is 4.85 Å². The average Bonchev–Trinajstić information content (AvgIpc) is 1.56. The lowest BCUT2D eigenvalue weighted by Gasteiger charge is -2.25. The van der Waals surface area contributed by atoms with E-state index in [0.717, 1.165) is 41.5 Å². The Bertz CT molecular complexity index is 4650. The van der Waals surface area contributed by atoms with E-state index in [-0.39, 0.29) is 73.9 Å². The molecule has 0 saturated carbocycles. The van der Waals surface area contributed by atoms with Gasteiger partial charge in [-0.05, 0) is 82.7 Å². The Kier molecular flexibility index (Phi) is 25.2. The van der Waals surface area contributed by atoms with Gasteiger partial charge in [-0.25, -0.2) is 34.9 Å². The van der Waals surface area contributed by atoms with Crippen molar-refractivity contribution in [1.82, 2.24) is 43.5 Å². The van der Waals surface area contributed by atoms with Gasteiger partial charge >= 0.3 is 44.4 Å². The van der Waals surface area contributed by atoms with Crippen LogP contribution in [0.4, 0.5) is 0 Å². The number of aromatic amines is 4. The topological polar surface area (TPSA) is 457 Å². The number of carbonyl (C=O) groups is 2. The number of aromatic nitrogens is 8. The normalized spacial score (nSPS) is 24.8. The predicted molar refractivity (Wildman–Crippen MR) is 354 cm³/mol. The number of H-pyrrole nitrogens is 4. The van der Waals surface area contributed by atoms with Gasteiger partial charge in [0.05, 0.1) is 50.6 Å². The summed E-state index contributed by atoms with van der Waals surface area (Å²) in [7, 11) is -9.36. The van der Waals surface area contributed by atoms with Gasteiger partial charge in [-0.1, -0.05) is 49.4 Å². The first-order chi connectivity index (χ1) is 47.9. The summed E-state index contributed by atoms with van der Waals surface area (Å²) in [6.07, 6.45) is -7.66. The maximum atomic E-state index is 14.4. The van der Waals surface area contributed by atoms with Crippen molar-refractivity contribution < 1.29 is 80.1 Å². The largest absolute Gasteiger partial charge is 0.475 e. The van der Waals surface area contributed by atoms with Crippen molar-refractivity contribution in [2.45, 2.75) is 180 Å². The number of aliphatic hydroxyl groups is 2. The van der Waals surface area contributed by atoms with E-state index in [1.165, 1.54) is 57.0 Å². The molecule has 6 aromatic rings. The second-order valence-electron chi connectivity index (χ2n) is 24.7. The second kappa shape index (κ2) is 33.1. The van der Waals surface area contributed by atoms with Gasteiger partial charge in [-0.2, -0.15) is 0 Å². The SMILES string of the molecule is Cc1cn(C2CC(O)C(COP(=O)(O)OC3CC(n4cc(C)c(=O)[nH]c4=O)OC3CO)O2)c(=O)[nH]c1=O.[C-]#[N+]CCOP(=O)(OCC1OC(n2cc(C)c(=O)[nH]c2=O)CC1OC(=O)CCC(=O)NC(c1ccccc1)c1ccc(C)c(C)c1C)OC1CC(n2cc(C)c(=O)[nH]c2=O)OC1CC. The summed E-state index contributed by atoms with van der Waals surface area (Å²) in [5, 5.41) is 23.0. The van der Waals surface area contributed by atoms with Crippen molar-refractivity contribution in [1.29, 1.82) is 0 Å². The van der Waals surface area contributed by atoms with E-state index in [9.17, 15) is 72.2 Å². The van der Waals surface area contributed by atoms with Crippen molar-refractivity contribution in [3.05, 3.63) is 212 Å². The number of phosphoric ester groups is 2. The van der Waals surface area contributed by atoms with Crippen LogP contribution in [0.15, 0.2) is 106 Å². The molecule has 37 heteroatoms. The van der Waals surface area contributed by atoms with Crippen LogP contribution in [0.5, 0.6) is 0 Å². The maximum absolute atomic E-state index is 14.4. The fourth-order valence-electron chi connectivity index (χ4n) is 11.8. The molecule has 8 heterocycles. The number of rotatable bonds is 26. The van der Waals surface area contributed by atoms with E-state index in [1.807, 2.05) is 63.2 Å². The number of aryl methyl sites for hydroxylation is 5. The van der Waals surface area contributed by atoms with Gasteiger partial charge in [0.15, 0.2) is 0 Å². The minimum absolute atomic E-state index is 0.00405. The highest BCUT2D eigenvalue weighted by atomic mass is 31.2. The molecule has 8 N–H and O–H groups in total. The molecule has 101 heavy (non-hydrogen) atoms. The van der Waals surface area contributed by atoms with E-state index in [2.05, 4.69) is 30.1 Å². The van der Waals surface area contributed by atoms with Crippen LogP contribution in [0.1, 0.15) is 133 Å². The molecule has 4 saturated heterocycles. The summed E-state index contributed by atoms with van der Waals surface area (Å²) in [5.41, 5.74) is 0.714. The molecule has 4 fully saturated rings. The van der Waals surface area contributed by atoms with Crippen LogP contribution in [0, 0.1) is 55.0 Å². The smallest absolute Gasteiger partial charge is 0.459 e. The van der Waals surface area contributed by atoms with Gasteiger partial charge < -0.3 is 49.0 Å². The van der Waals surface area contributed by atoms with Crippen LogP contribution in [-0.2, 0) is 65.0 Å². The number of nitrogens with one attached hydrogen (secondary N) is 5. The molecule has 0 spiro atoms. The third-order valence-electron chi connectivity index (χ3n) is 17.6. The number of carbonyl (C=O) groups excluding carboxylic acids is 2. The molecule has 35 nitrogen and oxygen atoms in total. The highest BCUT2D eigenvalue weighted by molar-refractivity contribution is 7.48. The first-order valence-electron chi connectivity index (χ1n) is 32.2. The molecular formula is C64H80N10O25P2. The molecule has 4 aromatic heterocycles. The third kappa shape index (κ3) is 18.8. The lowest BCUT2D eigenvalue weighted by molar-refractivity contribution is -0.154. The lowest BCUT2D eigenvalue weighted by Crippen LogP contribution is -2.33. The molecule has 15 atom stereocenters. The van der Waals surface area contributed by atoms with Crippen LogP contribution in [0.3, 0.4) is 0 Å². The van der Waals surface area contributed by atoms with Crippen LogP contribution in [-0.4, -0.2) is 147 Å². The van der Waals surface area contributed by atoms with Crippen molar-refractivity contribution in [2.75, 3.05) is 33.0 Å². The highest BCUT2D eigenvalue weighted by Gasteiger charge is 2.47. The first-order valence-corrected chi connectivity index (χ1v) is 35.2. The summed E-state index contributed by atoms with van der Waals surface area (Å²) in [6.45, 7) is 18.8. The Morgan fingerprint density at radius 2 is 1.06 bits per heavy atom. The van der Waals surface area contributed by atoms with Crippen molar-refractivity contribution in [3.63, 3.8) is 0 Å². The highest BCUT2D eigenvalue weighted by Crippen LogP contribution is 2.54. The van der Waals surface area contributed by atoms with E-state index < -0.39 is 172 Å². The fourth-order valence-corrected chi connectivity index (χ4v) is 14.2. The minimum atomic E-state index is -4.78. The number of amides is 1. The van der Waals surface area contributed by atoms with Crippen LogP contribution in [0.2, 0.25) is 0 Å². The Morgan fingerprint density at radius 1 is 0.594 bits per heavy atom. The minimum Gasteiger partial charge on any atom is -0.459 e. The molecule has 0 bridgehead atoms. The molecular weight excluding hydrogens is 1370 g/mol. The molecule has 1 amide bonds. The van der Waals surface area contributed by atoms with Gasteiger partial charge in [-0.15, -0.1) is 0 Å². The zero-order valence-electron chi connectivity index (χ0n) is 56.3. The van der Waals surface area contributed by atoms with Gasteiger partial charge in [0.2, 0.25) is 12.5 Å². The number of esters is 1. The third-order valence-corrected chi connectivity index (χ3v) is 20.1. The Labute approximate surface area is 574 Å². The monoisotopic (exact) mass is 1450 g/mol. The van der Waals surface area contributed by atoms with Crippen LogP contribution >= 0.6 is 15.6 Å². The molecule has 2 aromatic carbocycles. The summed E-state index contributed by atoms with van der Waals surface area (Å²) in [5.74, 6) is -1.17. The zero-order valence-corrected chi connectivity index (χ0v) is 58.1. The Balaban J connectivity index is 0.000000271. The van der Waals surface area contributed by atoms with Crippen molar-refractivity contribution in [3.8, 4) is 0 Å². The molecule has 4 aliphatic rings. The number of benzene rings is 2. The molecule has 4 aliphatic heterocycles. The Morgan fingerprint density at radius 3 is 1.56 bits per heavy atom. The number of hydrogen-bond donors (Lipinski definition) is 8. The molecule has 546 valence electrons. The van der Waals surface area contributed by atoms with E-state index >= 15 is 0 Å². The average molecular weight is 1450 g/mol. The van der Waals surface area contributed by atoms with Gasteiger partial charge in [0.1, 0.15) is 62.0 Å². The van der Waals surface area contributed by atoms with Gasteiger partial charge in [0, 0.05) is 79.1 Å². The van der Waals surface area contributed by atoms with Crippen molar-refractivity contribution >= 4 is 27.5 Å². The first kappa shape index (κ1) is 76.7. The summed E-state index contributed by atoms with van der Waals surface area (Å²) >= 11 is 0. The van der Waals surface area contributed by atoms with Crippen molar-refractivity contribution in [2.24, 2.45) is 0 Å². The maximum Gasteiger partial charge on any atom is 0.475 e. The van der Waals surface area contributed by atoms with Gasteiger partial charge in [0.25, 0.3) is 22.2 Å². The van der Waals surface area contributed by atoms with E-state index in [4.69, 9.17) is 52.9 Å². The molecule has 15 unspecified atom stereocenters. The predicted octanol–water partition coefficient (Wildman–Crippen LogP) is 2.79. The standard InChI is InChI=1S/C44H53N6O13P.C20H27N4O12P/c1-8-32-34(21-38(60-32)50-23-27(4)42(54)48-44(50)56)63-64(57,58-19-18-45-7)59-24-35-33(20-37(61-35)49-22-26(3)41(53)47-43(49)55)62-39(52)17-16-36(51)46-40(30-12-10-9-11-13-30)31-15-14-25(2)28(5)29(31)6;1-9-5-23(19(29)21-17(9)27)15-3-11(26)14(35-15)8-33-37(31,32)36-12-4-16(34-13(12)7-25)24-6-10(2)18(28)22-20(24)30/h9-15,22-23,32-35,37-38,40H,8,16-21,24H2,1-6H3,(H,46,51)(H,47,53,55)(H,48,54,56);5-6,11-16,25-26H,3-4,7-8H2,1-2H3,(H,31,32)(H,21,27,29)(H,22,28,30). The van der Waals surface area contributed by atoms with Gasteiger partial charge in [-0.3, -0.25) is 89.6 Å². The zero-order chi connectivity index (χ0) is 73.4. The van der Waals surface area contributed by atoms with Crippen LogP contribution < -0.4 is 50.3 Å². The number of nitrogens with zero attached hydrogens (tertiary/aromatic N) is 5. The molecule has 0 aliphatic carbocycles. The number of hydrogen-bond acceptors (Lipinski definition) is 24. The van der Waals surface area contributed by atoms with E-state index in [0.29, 0.717) is 6.42 Å². The number of ether oxygens (including phenoxy) is 5. The summed E-state index contributed by atoms with van der Waals surface area (Å²) < 4.78 is 88.4. The Hall–Kier alpha value is -8.43. The fraction of sp³-hybridized carbons (Fsp3) is 0.516. The number of aliphatic hydroxyl groups excluding tert-OH is 2. The summed E-state index contributed by atoms with van der Waals surface area (Å²) in [6, 6.07) is 13.0. The molecule has 0 radical (unpaired) electrons. The van der Waals surface area contributed by atoms with E-state index in [1.54, 1.807) is 6.92 Å². The second-order valence-corrected chi connectivity index (χ2v) is 27.7. The molecule has 10 rings (SSSR count). The quantitative estimate of drug-likeness (QED) is 0.0167. The summed E-state index contributed by atoms with van der Waals surface area (Å²) in [4.78, 5) is 146. The number of phosphoric acid groups is 2.